The lowest BCUT2D eigenvalue weighted by molar-refractivity contribution is -0.326. The maximum Gasteiger partial charge on any atom is 0.184 e. The molecular weight excluding hydrogens is 308 g/mol. The SMILES string of the molecule is C=C[C@]1(C)O[C@@H]2C[C@@H]3O[C@H](c4ccccc4)OC[C@H]3O[C@H]2C[C@H]1O. The molecule has 1 aromatic carbocycles. The summed E-state index contributed by atoms with van der Waals surface area (Å²) in [5, 5.41) is 10.3. The molecule has 0 aromatic heterocycles. The molecule has 4 rings (SSSR count). The highest BCUT2D eigenvalue weighted by Gasteiger charge is 2.50. The molecule has 24 heavy (non-hydrogen) atoms. The molecule has 3 saturated heterocycles. The van der Waals surface area contributed by atoms with Crippen LogP contribution in [0.5, 0.6) is 0 Å². The van der Waals surface area contributed by atoms with Gasteiger partial charge < -0.3 is 24.1 Å². The van der Waals surface area contributed by atoms with Gasteiger partial charge in [-0.2, -0.15) is 0 Å². The number of aliphatic hydroxyl groups is 1. The normalized spacial score (nSPS) is 45.1. The van der Waals surface area contributed by atoms with Gasteiger partial charge in [-0.15, -0.1) is 6.58 Å². The fourth-order valence-corrected chi connectivity index (χ4v) is 3.76. The van der Waals surface area contributed by atoms with Gasteiger partial charge in [0.1, 0.15) is 11.7 Å². The molecule has 0 spiro atoms. The van der Waals surface area contributed by atoms with Crippen LogP contribution in [0.15, 0.2) is 43.0 Å². The van der Waals surface area contributed by atoms with Gasteiger partial charge in [-0.1, -0.05) is 36.4 Å². The first-order valence-corrected chi connectivity index (χ1v) is 8.56. The van der Waals surface area contributed by atoms with E-state index in [-0.39, 0.29) is 30.7 Å². The second-order valence-corrected chi connectivity index (χ2v) is 6.99. The van der Waals surface area contributed by atoms with Gasteiger partial charge >= 0.3 is 0 Å². The van der Waals surface area contributed by atoms with Crippen LogP contribution in [0.2, 0.25) is 0 Å². The largest absolute Gasteiger partial charge is 0.390 e. The lowest BCUT2D eigenvalue weighted by atomic mass is 9.84. The number of aliphatic hydroxyl groups excluding tert-OH is 1. The fourth-order valence-electron chi connectivity index (χ4n) is 3.76. The number of hydrogen-bond acceptors (Lipinski definition) is 5. The van der Waals surface area contributed by atoms with Gasteiger partial charge in [-0.3, -0.25) is 0 Å². The molecular formula is C19H24O5. The van der Waals surface area contributed by atoms with Gasteiger partial charge in [0.15, 0.2) is 6.29 Å². The molecule has 0 aliphatic carbocycles. The van der Waals surface area contributed by atoms with Crippen molar-refractivity contribution in [3.8, 4) is 0 Å². The van der Waals surface area contributed by atoms with Crippen LogP contribution in [0.25, 0.3) is 0 Å². The number of ether oxygens (including phenoxy) is 4. The second-order valence-electron chi connectivity index (χ2n) is 6.99. The molecule has 3 fully saturated rings. The van der Waals surface area contributed by atoms with Crippen molar-refractivity contribution < 1.29 is 24.1 Å². The van der Waals surface area contributed by atoms with Crippen molar-refractivity contribution in [2.45, 2.75) is 62.2 Å². The fraction of sp³-hybridized carbons (Fsp3) is 0.579. The number of benzene rings is 1. The third-order valence-electron chi connectivity index (χ3n) is 5.35. The van der Waals surface area contributed by atoms with Gasteiger partial charge in [0, 0.05) is 18.4 Å². The molecule has 5 heteroatoms. The zero-order valence-electron chi connectivity index (χ0n) is 13.8. The molecule has 1 N–H and O–H groups in total. The Balaban J connectivity index is 1.47. The summed E-state index contributed by atoms with van der Waals surface area (Å²) in [7, 11) is 0. The first kappa shape index (κ1) is 16.2. The molecule has 3 heterocycles. The predicted octanol–water partition coefficient (Wildman–Crippen LogP) is 2.35. The summed E-state index contributed by atoms with van der Waals surface area (Å²) in [5.41, 5.74) is 0.274. The van der Waals surface area contributed by atoms with Crippen molar-refractivity contribution in [1.29, 1.82) is 0 Å². The first-order chi connectivity index (χ1) is 11.6. The molecule has 5 nitrogen and oxygen atoms in total. The van der Waals surface area contributed by atoms with E-state index in [0.29, 0.717) is 13.0 Å². The van der Waals surface area contributed by atoms with E-state index in [9.17, 15) is 5.11 Å². The Labute approximate surface area is 142 Å². The van der Waals surface area contributed by atoms with Crippen LogP contribution >= 0.6 is 0 Å². The van der Waals surface area contributed by atoms with Crippen molar-refractivity contribution in [2.24, 2.45) is 0 Å². The maximum absolute atomic E-state index is 10.3. The molecule has 0 bridgehead atoms. The van der Waals surface area contributed by atoms with Crippen LogP contribution in [0.1, 0.15) is 31.6 Å². The summed E-state index contributed by atoms with van der Waals surface area (Å²) in [6, 6.07) is 9.92. The topological polar surface area (TPSA) is 57.2 Å². The van der Waals surface area contributed by atoms with E-state index in [4.69, 9.17) is 18.9 Å². The highest BCUT2D eigenvalue weighted by molar-refractivity contribution is 5.16. The van der Waals surface area contributed by atoms with Crippen LogP contribution in [0.4, 0.5) is 0 Å². The molecule has 3 aliphatic rings. The third-order valence-corrected chi connectivity index (χ3v) is 5.35. The quantitative estimate of drug-likeness (QED) is 0.843. The van der Waals surface area contributed by atoms with Gasteiger partial charge in [0.25, 0.3) is 0 Å². The summed E-state index contributed by atoms with van der Waals surface area (Å²) in [4.78, 5) is 0. The summed E-state index contributed by atoms with van der Waals surface area (Å²) >= 11 is 0. The Morgan fingerprint density at radius 3 is 2.58 bits per heavy atom. The Morgan fingerprint density at radius 1 is 1.08 bits per heavy atom. The molecule has 1 aromatic rings. The van der Waals surface area contributed by atoms with Crippen LogP contribution in [-0.2, 0) is 18.9 Å². The van der Waals surface area contributed by atoms with E-state index in [2.05, 4.69) is 6.58 Å². The Morgan fingerprint density at radius 2 is 1.83 bits per heavy atom. The maximum atomic E-state index is 10.3. The number of rotatable bonds is 2. The average molecular weight is 332 g/mol. The van der Waals surface area contributed by atoms with E-state index in [1.165, 1.54) is 0 Å². The second kappa shape index (κ2) is 6.24. The Hall–Kier alpha value is -1.24. The van der Waals surface area contributed by atoms with Crippen LogP contribution in [0, 0.1) is 0 Å². The van der Waals surface area contributed by atoms with Crippen molar-refractivity contribution in [2.75, 3.05) is 6.61 Å². The zero-order valence-corrected chi connectivity index (χ0v) is 13.8. The Kier molecular flexibility index (Phi) is 4.22. The summed E-state index contributed by atoms with van der Waals surface area (Å²) in [6.45, 7) is 6.15. The standard InChI is InChI=1S/C19H24O5/c1-3-19(2)17(20)10-14-15(24-19)9-13-16(22-14)11-21-18(23-13)12-7-5-4-6-8-12/h3-8,13-18,20H,1,9-11H2,2H3/t13-,14-,15+,16+,17+,18+,19-/m0/s1. The summed E-state index contributed by atoms with van der Waals surface area (Å²) < 4.78 is 24.2. The lowest BCUT2D eigenvalue weighted by Gasteiger charge is -2.51. The highest BCUT2D eigenvalue weighted by Crippen LogP contribution is 2.41. The third kappa shape index (κ3) is 2.80. The molecule has 0 unspecified atom stereocenters. The lowest BCUT2D eigenvalue weighted by Crippen LogP contribution is -2.61. The molecule has 0 radical (unpaired) electrons. The molecule has 7 atom stereocenters. The molecule has 0 amide bonds. The van der Waals surface area contributed by atoms with E-state index in [1.54, 1.807) is 6.08 Å². The molecule has 0 saturated carbocycles. The van der Waals surface area contributed by atoms with Crippen molar-refractivity contribution in [3.05, 3.63) is 48.6 Å². The first-order valence-electron chi connectivity index (χ1n) is 8.56. The van der Waals surface area contributed by atoms with Gasteiger partial charge in [0.2, 0.25) is 0 Å². The van der Waals surface area contributed by atoms with Crippen molar-refractivity contribution >= 4 is 0 Å². The number of fused-ring (bicyclic) bond motifs is 2. The number of hydrogen-bond donors (Lipinski definition) is 1. The smallest absolute Gasteiger partial charge is 0.184 e. The van der Waals surface area contributed by atoms with Crippen LogP contribution in [-0.4, -0.2) is 47.8 Å². The van der Waals surface area contributed by atoms with Crippen molar-refractivity contribution in [1.82, 2.24) is 0 Å². The minimum atomic E-state index is -0.735. The van der Waals surface area contributed by atoms with E-state index in [0.717, 1.165) is 12.0 Å². The van der Waals surface area contributed by atoms with Gasteiger partial charge in [-0.05, 0) is 6.92 Å². The predicted molar refractivity (Wildman–Crippen MR) is 87.4 cm³/mol. The highest BCUT2D eigenvalue weighted by atomic mass is 16.7. The zero-order chi connectivity index (χ0) is 16.7. The van der Waals surface area contributed by atoms with Crippen LogP contribution in [0.3, 0.4) is 0 Å². The van der Waals surface area contributed by atoms with E-state index >= 15 is 0 Å². The monoisotopic (exact) mass is 332 g/mol. The van der Waals surface area contributed by atoms with Gasteiger partial charge in [0.05, 0.1) is 31.0 Å². The molecule has 130 valence electrons. The van der Waals surface area contributed by atoms with Crippen LogP contribution < -0.4 is 0 Å². The Bertz CT molecular complexity index is 591. The minimum Gasteiger partial charge on any atom is -0.390 e. The van der Waals surface area contributed by atoms with E-state index < -0.39 is 11.7 Å². The summed E-state index contributed by atoms with van der Waals surface area (Å²) in [5.74, 6) is 0. The summed E-state index contributed by atoms with van der Waals surface area (Å²) in [6.07, 6.45) is 1.54. The van der Waals surface area contributed by atoms with E-state index in [1.807, 2.05) is 37.3 Å². The van der Waals surface area contributed by atoms with Crippen molar-refractivity contribution in [3.63, 3.8) is 0 Å². The minimum absolute atomic E-state index is 0.0745. The molecule has 3 aliphatic heterocycles. The average Bonchev–Trinajstić information content (AvgIpc) is 2.61. The van der Waals surface area contributed by atoms with Gasteiger partial charge in [-0.25, -0.2) is 0 Å².